The lowest BCUT2D eigenvalue weighted by Gasteiger charge is -2.19. The number of thiophene rings is 6. The van der Waals surface area contributed by atoms with Gasteiger partial charge >= 0.3 is 23.9 Å². The van der Waals surface area contributed by atoms with Gasteiger partial charge in [-0.3, -0.25) is 4.98 Å². The molecule has 5 aromatic carbocycles. The average Bonchev–Trinajstić information content (AvgIpc) is 1.67. The van der Waals surface area contributed by atoms with E-state index < -0.39 is 11.9 Å². The van der Waals surface area contributed by atoms with Crippen molar-refractivity contribution in [3.05, 3.63) is 159 Å². The van der Waals surface area contributed by atoms with Crippen LogP contribution in [0.4, 0.5) is 20.0 Å². The van der Waals surface area contributed by atoms with Gasteiger partial charge in [-0.25, -0.2) is 19.2 Å². The first kappa shape index (κ1) is 89.5. The van der Waals surface area contributed by atoms with E-state index in [0.717, 1.165) is 186 Å². The van der Waals surface area contributed by atoms with Gasteiger partial charge in [0.1, 0.15) is 91.7 Å². The Labute approximate surface area is 699 Å². The van der Waals surface area contributed by atoms with E-state index in [1.807, 2.05) is 77.5 Å². The number of pyridine rings is 1. The van der Waals surface area contributed by atoms with E-state index in [1.54, 1.807) is 62.8 Å². The Morgan fingerprint density at radius 2 is 0.661 bits per heavy atom. The predicted octanol–water partition coefficient (Wildman–Crippen LogP) is 20.0. The van der Waals surface area contributed by atoms with Gasteiger partial charge < -0.3 is 80.4 Å². The van der Waals surface area contributed by atoms with Gasteiger partial charge in [-0.15, -0.1) is 56.7 Å². The summed E-state index contributed by atoms with van der Waals surface area (Å²) in [6, 6.07) is 34.2. The highest BCUT2D eigenvalue weighted by Gasteiger charge is 2.29. The van der Waals surface area contributed by atoms with Gasteiger partial charge in [0.15, 0.2) is 0 Å². The Morgan fingerprint density at radius 3 is 0.948 bits per heavy atom. The number of hydrogen-bond donors (Lipinski definition) is 4. The Hall–Kier alpha value is -9.39. The van der Waals surface area contributed by atoms with Crippen molar-refractivity contribution in [2.45, 2.75) is 90.0 Å². The smallest absolute Gasteiger partial charge is 0.341 e. The van der Waals surface area contributed by atoms with Crippen LogP contribution in [0.1, 0.15) is 130 Å². The van der Waals surface area contributed by atoms with E-state index in [9.17, 15) is 19.2 Å². The third-order valence-electron chi connectivity index (χ3n) is 19.4. The highest BCUT2D eigenvalue weighted by atomic mass is 32.1. The topological polar surface area (TPSA) is 272 Å². The number of esters is 4. The van der Waals surface area contributed by atoms with Crippen molar-refractivity contribution in [3.8, 4) is 66.8 Å². The molecule has 0 fully saturated rings. The van der Waals surface area contributed by atoms with Crippen LogP contribution < -0.4 is 41.9 Å². The second-order valence-electron chi connectivity index (χ2n) is 26.1. The number of nitrogens with zero attached hydrogens (tertiary/aromatic N) is 5. The largest absolute Gasteiger partial charge is 0.490 e. The molecule has 0 aliphatic rings. The Morgan fingerprint density at radius 1 is 0.357 bits per heavy atom. The molecule has 0 saturated heterocycles. The number of rotatable bonds is 36. The fraction of sp³-hybridized carbons (Fsp3) is 0.375. The van der Waals surface area contributed by atoms with Crippen molar-refractivity contribution in [2.24, 2.45) is 0 Å². The summed E-state index contributed by atoms with van der Waals surface area (Å²) in [6.45, 7) is 41.1. The molecule has 0 bridgehead atoms. The number of aryl methyl sites for hydroxylation is 1. The first-order valence-corrected chi connectivity index (χ1v) is 44.4. The lowest BCUT2D eigenvalue weighted by Crippen LogP contribution is -2.28. The SMILES string of the molecule is CCOC(=O)c1c(N)sc2c(OCCN(CC)CC)c(-c3ccc(C)cc3)ccc12.CCOC(=O)c1c(N)sc2c(OCCN(CC)CC)c(-c3cccs3)ccc12.CCOC(=O)c1c(N)sc2c(OCCN(CC)CC)c(-c3ccncc3)ccc12.CCOC(=O)c1c(N)sc2c(OCCN(CC)CC)c(-c3ccsc3)ccc12. The molecule has 0 radical (unpaired) electrons. The first-order valence-electron chi connectivity index (χ1n) is 39.3. The van der Waals surface area contributed by atoms with E-state index in [2.05, 4.69) is 129 Å². The molecule has 0 amide bonds. The van der Waals surface area contributed by atoms with Gasteiger partial charge in [-0.05, 0) is 168 Å². The van der Waals surface area contributed by atoms with Gasteiger partial charge in [0.05, 0.1) is 45.2 Å². The van der Waals surface area contributed by atoms with Gasteiger partial charge in [0.2, 0.25) is 0 Å². The zero-order valence-electron chi connectivity index (χ0n) is 68.2. The number of nitrogens with two attached hydrogens (primary N) is 4. The van der Waals surface area contributed by atoms with Gasteiger partial charge in [-0.1, -0.05) is 116 Å². The maximum Gasteiger partial charge on any atom is 0.341 e. The third-order valence-corrected chi connectivity index (χ3v) is 25.2. The molecule has 7 heterocycles. The molecule has 0 aliphatic heterocycles. The molecule has 21 nitrogen and oxygen atoms in total. The summed E-state index contributed by atoms with van der Waals surface area (Å²) in [4.78, 5) is 64.2. The normalized spacial score (nSPS) is 11.2. The van der Waals surface area contributed by atoms with Crippen molar-refractivity contribution >= 4 is 152 Å². The van der Waals surface area contributed by atoms with E-state index in [-0.39, 0.29) is 11.9 Å². The number of aromatic nitrogens is 1. The zero-order chi connectivity index (χ0) is 82.7. The molecule has 115 heavy (non-hydrogen) atoms. The Kier molecular flexibility index (Phi) is 34.8. The second kappa shape index (κ2) is 44.6. The van der Waals surface area contributed by atoms with Crippen LogP contribution >= 0.6 is 68.0 Å². The average molecular weight is 1680 g/mol. The molecule has 0 unspecified atom stereocenters. The highest BCUT2D eigenvalue weighted by molar-refractivity contribution is 7.25. The maximum atomic E-state index is 12.5. The lowest BCUT2D eigenvalue weighted by atomic mass is 10.0. The predicted molar refractivity (Wildman–Crippen MR) is 482 cm³/mol. The number of likely N-dealkylation sites (N-methyl/N-ethyl adjacent to an activating group) is 4. The number of hydrogen-bond acceptors (Lipinski definition) is 27. The number of fused-ring (bicyclic) bond motifs is 4. The fourth-order valence-electron chi connectivity index (χ4n) is 13.1. The molecule has 0 atom stereocenters. The fourth-order valence-corrected chi connectivity index (χ4v) is 18.7. The molecule has 8 N–H and O–H groups in total. The summed E-state index contributed by atoms with van der Waals surface area (Å²) < 4.78 is 49.6. The molecule has 7 aromatic heterocycles. The Bertz CT molecular complexity index is 4950. The van der Waals surface area contributed by atoms with E-state index in [0.29, 0.717) is 95.1 Å². The van der Waals surface area contributed by atoms with E-state index >= 15 is 0 Å². The number of nitrogen functional groups attached to an aromatic ring is 4. The van der Waals surface area contributed by atoms with Crippen LogP contribution in [0, 0.1) is 6.92 Å². The molecule has 0 spiro atoms. The molecular weight excluding hydrogens is 1570 g/mol. The molecule has 12 rings (SSSR count). The molecule has 0 aliphatic carbocycles. The van der Waals surface area contributed by atoms with Crippen molar-refractivity contribution in [3.63, 3.8) is 0 Å². The summed E-state index contributed by atoms with van der Waals surface area (Å²) in [5.74, 6) is 1.53. The van der Waals surface area contributed by atoms with Crippen LogP contribution in [0.15, 0.2) is 132 Å². The molecular formula is C88H109N9O12S6. The standard InChI is InChI=1S/C24H30N2O3S.C22H27N3O3S.2C21H26N2O3S2/c1-5-26(6-2)14-15-29-21-18(17-10-8-16(4)9-11-17)12-13-19-20(24(27)28-7-3)23(25)30-22(19)21;1-4-25(5-2)13-14-28-19-16(15-9-11-24-12-10-15)7-8-17-18(22(26)27-6-3)21(23)29-20(17)19;1-4-23(5-2)10-11-26-18-15(14-9-12-27-13-14)7-8-16-17(21(24)25-6-3)20(22)28-19(16)18;1-4-23(5-2)11-12-26-18-14(16-8-7-13-27-16)9-10-15-17(21(24)25-6-3)20(22)28-19(15)18/h8-13H,5-7,14-15,25H2,1-4H3;7-12H,4-6,13-14,23H2,1-3H3;7-9,12-13H,4-6,10-11,22H2,1-3H3;7-10,13H,4-6,11-12,22H2,1-3H3. The minimum atomic E-state index is -0.401. The number of benzene rings is 5. The van der Waals surface area contributed by atoms with E-state index in [4.69, 9.17) is 60.8 Å². The van der Waals surface area contributed by atoms with Gasteiger partial charge in [0, 0.05) is 87.2 Å². The number of carbonyl (C=O) groups is 4. The van der Waals surface area contributed by atoms with Crippen LogP contribution in [0.5, 0.6) is 23.0 Å². The van der Waals surface area contributed by atoms with Crippen molar-refractivity contribution in [1.29, 1.82) is 0 Å². The quantitative estimate of drug-likeness (QED) is 0.0210. The van der Waals surface area contributed by atoms with Crippen molar-refractivity contribution in [2.75, 3.05) is 154 Å². The summed E-state index contributed by atoms with van der Waals surface area (Å²) in [5, 5.41) is 11.1. The first-order chi connectivity index (χ1) is 55.8. The minimum absolute atomic E-state index is 0.304. The van der Waals surface area contributed by atoms with Crippen LogP contribution in [-0.4, -0.2) is 180 Å². The molecule has 614 valence electrons. The maximum absolute atomic E-state index is 12.5. The summed E-state index contributed by atoms with van der Waals surface area (Å²) in [7, 11) is 0. The number of carbonyl (C=O) groups excluding carboxylic acids is 4. The van der Waals surface area contributed by atoms with Crippen LogP contribution in [0.2, 0.25) is 0 Å². The lowest BCUT2D eigenvalue weighted by molar-refractivity contribution is 0.0520. The number of anilines is 4. The summed E-state index contributed by atoms with van der Waals surface area (Å²) in [5.41, 5.74) is 34.9. The minimum Gasteiger partial charge on any atom is -0.490 e. The summed E-state index contributed by atoms with van der Waals surface area (Å²) >= 11 is 8.82. The summed E-state index contributed by atoms with van der Waals surface area (Å²) in [6.07, 6.45) is 3.51. The third kappa shape index (κ3) is 22.2. The van der Waals surface area contributed by atoms with Crippen LogP contribution in [-0.2, 0) is 18.9 Å². The van der Waals surface area contributed by atoms with E-state index in [1.165, 1.54) is 50.9 Å². The van der Waals surface area contributed by atoms with Crippen LogP contribution in [0.3, 0.4) is 0 Å². The zero-order valence-corrected chi connectivity index (χ0v) is 73.1. The highest BCUT2D eigenvalue weighted by Crippen LogP contribution is 2.50. The molecule has 0 saturated carbocycles. The van der Waals surface area contributed by atoms with Gasteiger partial charge in [-0.2, -0.15) is 11.3 Å². The monoisotopic (exact) mass is 1680 g/mol. The van der Waals surface area contributed by atoms with Crippen LogP contribution in [0.25, 0.3) is 84.2 Å². The molecule has 27 heteroatoms. The molecule has 12 aromatic rings. The van der Waals surface area contributed by atoms with Crippen molar-refractivity contribution in [1.82, 2.24) is 24.6 Å². The number of ether oxygens (including phenoxy) is 8. The van der Waals surface area contributed by atoms with Crippen molar-refractivity contribution < 1.29 is 57.1 Å². The Balaban J connectivity index is 0.000000175. The van der Waals surface area contributed by atoms with Gasteiger partial charge in [0.25, 0.3) is 0 Å². The second-order valence-corrected chi connectivity index (χ2v) is 32.1.